The van der Waals surface area contributed by atoms with Gasteiger partial charge in [-0.1, -0.05) is 119 Å². The van der Waals surface area contributed by atoms with Crippen molar-refractivity contribution in [3.63, 3.8) is 0 Å². The highest BCUT2D eigenvalue weighted by Gasteiger charge is 2.53. The Labute approximate surface area is 841 Å². The molecule has 18 atom stereocenters. The third-order valence-corrected chi connectivity index (χ3v) is 29.6. The molecule has 14 unspecified atom stereocenters. The monoisotopic (exact) mass is 2110 g/mol. The Balaban J connectivity index is 0.995. The van der Waals surface area contributed by atoms with E-state index in [1.54, 1.807) is 20.8 Å². The third kappa shape index (κ3) is 29.1. The number of nitrogens with zero attached hydrogens (tertiary/aromatic N) is 1. The van der Waals surface area contributed by atoms with Gasteiger partial charge >= 0.3 is 33.3 Å². The molecule has 7 heterocycles. The van der Waals surface area contributed by atoms with Gasteiger partial charge < -0.3 is 172 Å². The molecule has 6 aromatic rings. The van der Waals surface area contributed by atoms with E-state index in [-0.39, 0.29) is 74.8 Å². The van der Waals surface area contributed by atoms with Gasteiger partial charge in [0.1, 0.15) is 102 Å². The summed E-state index contributed by atoms with van der Waals surface area (Å²) in [4.78, 5) is 197. The Morgan fingerprint density at radius 3 is 1.90 bits per heavy atom. The van der Waals surface area contributed by atoms with E-state index in [1.807, 2.05) is 0 Å². The molecule has 51 heteroatoms. The number of aromatic hydroxyl groups is 3. The number of carboxylic acid groups (broad SMARTS) is 1. The second-order valence-electron chi connectivity index (χ2n) is 36.4. The predicted octanol–water partition coefficient (Wildman–Crippen LogP) is 4.82. The summed E-state index contributed by atoms with van der Waals surface area (Å²) in [5.41, 5.74) is 1.23. The molecule has 0 radical (unpaired) electrons. The number of unbranched alkanes of at least 4 members (excludes halogenated alkanes) is 7. The smallest absolute Gasteiger partial charge is 0.411 e. The van der Waals surface area contributed by atoms with Crippen LogP contribution in [0.5, 0.6) is 46.0 Å². The van der Waals surface area contributed by atoms with Crippen LogP contribution in [-0.4, -0.2) is 272 Å². The first-order valence-corrected chi connectivity index (χ1v) is 50.9. The van der Waals surface area contributed by atoms with Crippen molar-refractivity contribution in [2.24, 2.45) is 11.7 Å². The number of aldehydes is 1. The molecule has 7 aliphatic heterocycles. The summed E-state index contributed by atoms with van der Waals surface area (Å²) in [5.74, 6) is -17.2. The number of anilines is 1. The minimum Gasteiger partial charge on any atom is -0.507 e. The number of aliphatic hydroxyl groups excluding tert-OH is 6. The van der Waals surface area contributed by atoms with Crippen LogP contribution in [0.25, 0.3) is 11.1 Å². The Morgan fingerprint density at radius 1 is 0.690 bits per heavy atom. The molecule has 0 saturated carbocycles. The molecule has 145 heavy (non-hydrogen) atoms. The molecule has 13 rings (SSSR count). The normalized spacial score (nSPS) is 24.2. The largest absolute Gasteiger partial charge is 0.507 e. The van der Waals surface area contributed by atoms with E-state index in [0.29, 0.717) is 18.3 Å². The minimum atomic E-state index is -5.21. The van der Waals surface area contributed by atoms with Gasteiger partial charge in [-0.25, -0.2) is 14.4 Å². The number of carboxylic acids is 1. The van der Waals surface area contributed by atoms with Crippen molar-refractivity contribution >= 4 is 110 Å². The zero-order chi connectivity index (χ0) is 106. The van der Waals surface area contributed by atoms with E-state index in [0.717, 1.165) is 112 Å². The maximum absolute atomic E-state index is 16.5. The van der Waals surface area contributed by atoms with Crippen molar-refractivity contribution in [2.45, 2.75) is 246 Å². The number of amides is 9. The highest BCUT2D eigenvalue weighted by molar-refractivity contribution is 7.70. The number of nitrogens with two attached hydrogens (primary N) is 1. The molecule has 26 N–H and O–H groups in total. The van der Waals surface area contributed by atoms with E-state index in [9.17, 15) is 109 Å². The minimum absolute atomic E-state index is 0.0386. The van der Waals surface area contributed by atoms with Gasteiger partial charge in [-0.05, 0) is 147 Å². The van der Waals surface area contributed by atoms with Crippen LogP contribution in [0.3, 0.4) is 0 Å². The molecule has 11 bridgehead atoms. The number of phenolic OH excluding ortho intramolecular Hbond substituents is 3. The number of ether oxygens (including phenoxy) is 8. The lowest BCUT2D eigenvalue weighted by Gasteiger charge is -2.48. The number of fused-ring (bicyclic) bond motifs is 15. The van der Waals surface area contributed by atoms with E-state index < -0.39 is 311 Å². The van der Waals surface area contributed by atoms with E-state index in [4.69, 9.17) is 66.8 Å². The Bertz CT molecular complexity index is 5750. The van der Waals surface area contributed by atoms with Crippen LogP contribution in [0.15, 0.2) is 97.1 Å². The Kier molecular flexibility index (Phi) is 39.8. The van der Waals surface area contributed by atoms with Crippen LogP contribution in [0.1, 0.15) is 187 Å². The van der Waals surface area contributed by atoms with Crippen molar-refractivity contribution in [3.05, 3.63) is 146 Å². The second kappa shape index (κ2) is 50.7. The van der Waals surface area contributed by atoms with Gasteiger partial charge in [-0.3, -0.25) is 48.0 Å². The zero-order valence-electron chi connectivity index (χ0n) is 79.6. The van der Waals surface area contributed by atoms with Crippen LogP contribution in [0, 0.1) is 5.92 Å². The topological polar surface area (TPSA) is 729 Å². The summed E-state index contributed by atoms with van der Waals surface area (Å²) in [7, 11) is -8.96. The van der Waals surface area contributed by atoms with Gasteiger partial charge in [-0.15, -0.1) is 0 Å². The van der Waals surface area contributed by atoms with Gasteiger partial charge in [0, 0.05) is 60.5 Å². The van der Waals surface area contributed by atoms with Crippen molar-refractivity contribution in [3.8, 4) is 57.1 Å². The molecule has 2 saturated heterocycles. The van der Waals surface area contributed by atoms with Crippen molar-refractivity contribution in [1.29, 1.82) is 0 Å². The van der Waals surface area contributed by atoms with Crippen molar-refractivity contribution < 1.29 is 170 Å². The number of hydrogen-bond donors (Lipinski definition) is 25. The lowest BCUT2D eigenvalue weighted by Crippen LogP contribution is -2.66. The number of phenols is 3. The zero-order valence-corrected chi connectivity index (χ0v) is 82.9. The lowest BCUT2D eigenvalue weighted by molar-refractivity contribution is -0.334. The molecule has 792 valence electrons. The number of aliphatic carboxylic acids is 1. The van der Waals surface area contributed by atoms with Crippen LogP contribution in [0.4, 0.5) is 15.3 Å². The highest BCUT2D eigenvalue weighted by Crippen LogP contribution is 2.62. The first-order valence-electron chi connectivity index (χ1n) is 46.8. The molecule has 47 nitrogen and oxygen atoms in total. The number of primary amides is 1. The number of hydrogen-bond acceptors (Lipinski definition) is 33. The predicted molar refractivity (Wildman–Crippen MR) is 514 cm³/mol. The van der Waals surface area contributed by atoms with E-state index in [1.165, 1.54) is 49.2 Å². The maximum Gasteiger partial charge on any atom is 0.411 e. The first kappa shape index (κ1) is 114. The number of likely N-dealkylation sites (N-methyl/N-ethyl adjacent to an activating group) is 1. The average molecular weight is 2110 g/mol. The molecule has 0 aliphatic carbocycles. The Hall–Kier alpha value is -11.5. The maximum atomic E-state index is 16.5. The third-order valence-electron chi connectivity index (χ3n) is 25.2. The number of rotatable bonds is 39. The van der Waals surface area contributed by atoms with Gasteiger partial charge in [0.25, 0.3) is 0 Å². The molecular formula is C94H122Cl2N12O35P2. The fraction of sp³-hybridized carbons (Fsp3) is 0.500. The molecular weight excluding hydrogens is 1990 g/mol. The second-order valence-corrected chi connectivity index (χ2v) is 41.2. The van der Waals surface area contributed by atoms with Gasteiger partial charge in [0.15, 0.2) is 35.3 Å². The average Bonchev–Trinajstić information content (AvgIpc) is 0.761. The lowest BCUT2D eigenvalue weighted by atomic mass is 9.85. The number of aliphatic hydroxyl groups is 6. The van der Waals surface area contributed by atoms with Crippen LogP contribution >= 0.6 is 38.4 Å². The number of carbonyl (C=O) groups excluding carboxylic acids is 10. The van der Waals surface area contributed by atoms with E-state index in [2.05, 4.69) is 60.1 Å². The van der Waals surface area contributed by atoms with Crippen molar-refractivity contribution in [1.82, 2.24) is 52.8 Å². The van der Waals surface area contributed by atoms with Crippen LogP contribution in [-0.2, 0) is 89.1 Å². The summed E-state index contributed by atoms with van der Waals surface area (Å²) >= 11 is 14.4. The number of nitrogens with one attached hydrogen (secondary N) is 10. The number of carbonyl (C=O) groups is 11. The molecule has 0 aromatic heterocycles. The number of benzene rings is 6. The number of halogens is 2. The molecule has 6 aromatic carbocycles. The first-order chi connectivity index (χ1) is 68.6. The highest BCUT2D eigenvalue weighted by atomic mass is 35.5. The van der Waals surface area contributed by atoms with Gasteiger partial charge in [-0.2, -0.15) is 0 Å². The molecule has 2 fully saturated rings. The summed E-state index contributed by atoms with van der Waals surface area (Å²) < 4.78 is 74.1. The summed E-state index contributed by atoms with van der Waals surface area (Å²) in [6.07, 6.45) is -15.0. The summed E-state index contributed by atoms with van der Waals surface area (Å²) in [6.45, 7) is 6.26. The van der Waals surface area contributed by atoms with Crippen LogP contribution in [0.2, 0.25) is 10.0 Å². The van der Waals surface area contributed by atoms with Crippen LogP contribution < -0.4 is 73.1 Å². The molecule has 9 amide bonds. The molecule has 7 aliphatic rings. The SMILES string of the molecule is CCCCCCCCCCN(CCN[C@]1(C)CC(OC2C(Oc3c4cc5cc3Oc3ccc(cc3Cl)[C@H](O)C(NC(=O)C(CC(C)C)NC)C(=O)NC(CC(N)=O)C(=O)NC5C(=O)NC3C(=O)NC(C(=O)N[C@@H](C(=O)O)c5cc(O)c(CNCC=O)c(O)c5-c5cc3ccc5O)[C@H](O)c3ccc(c(Cl)c3)O4)OC(CO)C(O)C2O)OC(C)C1O)C(=O)OCc1ccc(NC(=O)OCCCC(P(=O)(O)O)P(=O)(O)O)cc1. The van der Waals surface area contributed by atoms with Gasteiger partial charge in [0.2, 0.25) is 53.4 Å². The molecule has 0 spiro atoms. The van der Waals surface area contributed by atoms with Gasteiger partial charge in [0.05, 0.1) is 60.0 Å². The fourth-order valence-electron chi connectivity index (χ4n) is 17.4. The van der Waals surface area contributed by atoms with E-state index >= 15 is 24.0 Å². The fourth-order valence-corrected chi connectivity index (χ4v) is 20.4. The summed E-state index contributed by atoms with van der Waals surface area (Å²) in [5, 5.41) is 142. The summed E-state index contributed by atoms with van der Waals surface area (Å²) in [6, 6.07) is 3.47. The quantitative estimate of drug-likeness (QED) is 0.0140. The Morgan fingerprint density at radius 2 is 1.30 bits per heavy atom. The van der Waals surface area contributed by atoms with Crippen molar-refractivity contribution in [2.75, 3.05) is 51.8 Å². The standard InChI is InChI=1S/C94H122Cl2N12O35P2/c1-7-8-9-10-11-12-13-14-29-108(93(129)137-44-47-17-22-52(23-18-47)101-92(128)136-32-15-16-69(144(130,131)132)145(133,134)135)30-27-100-94(5)41-68(138-46(4)83(94)119)142-82-80(118)79(117)66(43-110)141-91(82)143-81-64-37-51-38-65(81)140-63-26-21-50(36-57(63)96)77(115)75-89(125)105-73(90(126)127)54-39-61(112)55(42-99-28-31-109)78(116)70(54)53-34-48(19-24-60(53)111)71(86(122)107-75)104-87(123)72(51)103-85(121)59(40-67(97)113)102-88(124)74(106-84(120)58(98-6)33-45(2)3)76(114)49-20-25-62(139-64)56(95)35-49/h17-26,31,34-39,45-46,58-59,66,68-69,71-77,79-80,82-83,91,98-100,110-112,114-119H,7-16,27-30,32-33,40-44H2,1-6H3,(H2,97,113)(H,101,128)(H,102,124)(H,103,121)(H,104,123)(H,105,125)(H,106,120)(H,107,122)(H,126,127)(H2,130,131,132)(H2,133,134,135)/t46?,58?,59?,66?,68?,71?,72?,73-,74?,75?,76+,77-,79?,80?,82?,83?,91?,94-/m1/s1.